The summed E-state index contributed by atoms with van der Waals surface area (Å²) < 4.78 is 0. The first-order chi connectivity index (χ1) is 7.22. The second kappa shape index (κ2) is 7.24. The summed E-state index contributed by atoms with van der Waals surface area (Å²) in [6.07, 6.45) is 8.40. The molecule has 1 N–H and O–H groups in total. The topological polar surface area (TPSA) is 15.3 Å². The van der Waals surface area contributed by atoms with Gasteiger partial charge in [0.15, 0.2) is 0 Å². The van der Waals surface area contributed by atoms with Crippen LogP contribution in [-0.4, -0.2) is 38.1 Å². The van der Waals surface area contributed by atoms with Crippen molar-refractivity contribution in [3.63, 3.8) is 0 Å². The Labute approximate surface area is 95.4 Å². The van der Waals surface area contributed by atoms with Gasteiger partial charge in [-0.05, 0) is 52.4 Å². The summed E-state index contributed by atoms with van der Waals surface area (Å²) in [5, 5.41) is 3.70. The molecule has 2 nitrogen and oxygen atoms in total. The van der Waals surface area contributed by atoms with Crippen molar-refractivity contribution in [3.05, 3.63) is 0 Å². The van der Waals surface area contributed by atoms with E-state index in [1.54, 1.807) is 0 Å². The minimum absolute atomic E-state index is 0.762. The molecule has 2 heteroatoms. The molecule has 0 radical (unpaired) electrons. The molecule has 0 spiro atoms. The minimum Gasteiger partial charge on any atom is -0.314 e. The Morgan fingerprint density at radius 3 is 2.53 bits per heavy atom. The summed E-state index contributed by atoms with van der Waals surface area (Å²) in [5.41, 5.74) is 0. The van der Waals surface area contributed by atoms with Crippen molar-refractivity contribution in [2.75, 3.05) is 27.2 Å². The van der Waals surface area contributed by atoms with Crippen molar-refractivity contribution in [3.8, 4) is 0 Å². The zero-order valence-electron chi connectivity index (χ0n) is 10.8. The van der Waals surface area contributed by atoms with Gasteiger partial charge in [-0.15, -0.1) is 0 Å². The molecule has 0 aromatic heterocycles. The van der Waals surface area contributed by atoms with Crippen molar-refractivity contribution in [2.24, 2.45) is 5.92 Å². The van der Waals surface area contributed by atoms with Gasteiger partial charge in [0.25, 0.3) is 0 Å². The van der Waals surface area contributed by atoms with Gasteiger partial charge in [-0.3, -0.25) is 0 Å². The van der Waals surface area contributed by atoms with E-state index in [0.29, 0.717) is 0 Å². The Bertz CT molecular complexity index is 153. The normalized spacial score (nSPS) is 19.2. The average Bonchev–Trinajstić information content (AvgIpc) is 2.13. The van der Waals surface area contributed by atoms with Gasteiger partial charge < -0.3 is 10.2 Å². The van der Waals surface area contributed by atoms with Crippen molar-refractivity contribution in [2.45, 2.75) is 51.5 Å². The van der Waals surface area contributed by atoms with E-state index in [1.165, 1.54) is 51.6 Å². The molecular formula is C13H28N2. The lowest BCUT2D eigenvalue weighted by Gasteiger charge is -2.30. The lowest BCUT2D eigenvalue weighted by molar-refractivity contribution is 0.243. The molecule has 1 unspecified atom stereocenters. The van der Waals surface area contributed by atoms with Gasteiger partial charge in [0.1, 0.15) is 0 Å². The Morgan fingerprint density at radius 1 is 1.33 bits per heavy atom. The van der Waals surface area contributed by atoms with Crippen LogP contribution < -0.4 is 5.32 Å². The van der Waals surface area contributed by atoms with E-state index in [0.717, 1.165) is 12.0 Å². The fraction of sp³-hybridized carbons (Fsp3) is 1.00. The van der Waals surface area contributed by atoms with Crippen LogP contribution in [0.1, 0.15) is 45.4 Å². The van der Waals surface area contributed by atoms with Crippen LogP contribution in [0.15, 0.2) is 0 Å². The Kier molecular flexibility index (Phi) is 6.26. The molecule has 1 fully saturated rings. The van der Waals surface area contributed by atoms with Crippen molar-refractivity contribution < 1.29 is 0 Å². The minimum atomic E-state index is 0.762. The summed E-state index contributed by atoms with van der Waals surface area (Å²) >= 11 is 0. The van der Waals surface area contributed by atoms with Gasteiger partial charge in [-0.2, -0.15) is 0 Å². The summed E-state index contributed by atoms with van der Waals surface area (Å²) in [7, 11) is 4.33. The molecule has 1 aliphatic carbocycles. The predicted octanol–water partition coefficient (Wildman–Crippen LogP) is 2.50. The summed E-state index contributed by atoms with van der Waals surface area (Å²) in [5.74, 6) is 1.03. The van der Waals surface area contributed by atoms with Gasteiger partial charge >= 0.3 is 0 Å². The third kappa shape index (κ3) is 5.53. The van der Waals surface area contributed by atoms with Gasteiger partial charge in [0, 0.05) is 6.04 Å². The van der Waals surface area contributed by atoms with Crippen molar-refractivity contribution >= 4 is 0 Å². The third-order valence-electron chi connectivity index (χ3n) is 3.45. The molecule has 90 valence electrons. The molecule has 15 heavy (non-hydrogen) atoms. The quantitative estimate of drug-likeness (QED) is 0.665. The molecule has 0 aliphatic heterocycles. The van der Waals surface area contributed by atoms with Crippen LogP contribution in [-0.2, 0) is 0 Å². The third-order valence-corrected chi connectivity index (χ3v) is 3.45. The molecule has 1 atom stereocenters. The summed E-state index contributed by atoms with van der Waals surface area (Å²) in [4.78, 5) is 2.29. The molecule has 0 aromatic rings. The number of hydrogen-bond donors (Lipinski definition) is 1. The van der Waals surface area contributed by atoms with Crippen LogP contribution >= 0.6 is 0 Å². The molecule has 1 aliphatic rings. The monoisotopic (exact) mass is 212 g/mol. The summed E-state index contributed by atoms with van der Waals surface area (Å²) in [6, 6.07) is 0.762. The highest BCUT2D eigenvalue weighted by Crippen LogP contribution is 2.31. The van der Waals surface area contributed by atoms with Crippen LogP contribution in [0, 0.1) is 5.92 Å². The Morgan fingerprint density at radius 2 is 2.07 bits per heavy atom. The maximum atomic E-state index is 3.70. The average molecular weight is 212 g/mol. The highest BCUT2D eigenvalue weighted by Gasteiger charge is 2.21. The van der Waals surface area contributed by atoms with E-state index in [1.807, 2.05) is 0 Å². The fourth-order valence-corrected chi connectivity index (χ4v) is 2.20. The molecule has 1 rings (SSSR count). The predicted molar refractivity (Wildman–Crippen MR) is 67.2 cm³/mol. The van der Waals surface area contributed by atoms with Crippen molar-refractivity contribution in [1.29, 1.82) is 0 Å². The van der Waals surface area contributed by atoms with Crippen LogP contribution in [0.4, 0.5) is 0 Å². The van der Waals surface area contributed by atoms with Crippen molar-refractivity contribution in [1.82, 2.24) is 10.2 Å². The number of nitrogens with one attached hydrogen (secondary N) is 1. The molecule has 0 saturated heterocycles. The number of nitrogens with zero attached hydrogens (tertiary/aromatic N) is 1. The van der Waals surface area contributed by atoms with Crippen LogP contribution in [0.5, 0.6) is 0 Å². The van der Waals surface area contributed by atoms with E-state index in [9.17, 15) is 0 Å². The standard InChI is InChI=1S/C13H28N2/c1-4-9-14-13(8-10-15(2)3)11-12-6-5-7-12/h12-14H,4-11H2,1-3H3. The number of hydrogen-bond acceptors (Lipinski definition) is 2. The molecule has 0 heterocycles. The molecule has 0 aromatic carbocycles. The fourth-order valence-electron chi connectivity index (χ4n) is 2.20. The second-order valence-electron chi connectivity index (χ2n) is 5.28. The van der Waals surface area contributed by atoms with E-state index in [4.69, 9.17) is 0 Å². The zero-order valence-corrected chi connectivity index (χ0v) is 10.8. The second-order valence-corrected chi connectivity index (χ2v) is 5.28. The lowest BCUT2D eigenvalue weighted by atomic mass is 9.80. The number of rotatable bonds is 8. The van der Waals surface area contributed by atoms with Gasteiger partial charge in [-0.1, -0.05) is 26.2 Å². The maximum Gasteiger partial charge on any atom is 0.00818 e. The first-order valence-corrected chi connectivity index (χ1v) is 6.60. The van der Waals surface area contributed by atoms with E-state index in [-0.39, 0.29) is 0 Å². The molecule has 0 bridgehead atoms. The highest BCUT2D eigenvalue weighted by atomic mass is 15.1. The van der Waals surface area contributed by atoms with E-state index < -0.39 is 0 Å². The maximum absolute atomic E-state index is 3.70. The van der Waals surface area contributed by atoms with Gasteiger partial charge in [-0.25, -0.2) is 0 Å². The SMILES string of the molecule is CCCNC(CCN(C)C)CC1CCC1. The van der Waals surface area contributed by atoms with E-state index in [2.05, 4.69) is 31.2 Å². The largest absolute Gasteiger partial charge is 0.314 e. The van der Waals surface area contributed by atoms with Crippen LogP contribution in [0.25, 0.3) is 0 Å². The Balaban J connectivity index is 2.17. The lowest BCUT2D eigenvalue weighted by Crippen LogP contribution is -2.35. The first-order valence-electron chi connectivity index (χ1n) is 6.60. The zero-order chi connectivity index (χ0) is 11.1. The Hall–Kier alpha value is -0.0800. The highest BCUT2D eigenvalue weighted by molar-refractivity contribution is 4.77. The first kappa shape index (κ1) is 13.0. The van der Waals surface area contributed by atoms with Gasteiger partial charge in [0.05, 0.1) is 0 Å². The molecule has 0 amide bonds. The van der Waals surface area contributed by atoms with E-state index >= 15 is 0 Å². The van der Waals surface area contributed by atoms with Gasteiger partial charge in [0.2, 0.25) is 0 Å². The smallest absolute Gasteiger partial charge is 0.00818 e. The molecular weight excluding hydrogens is 184 g/mol. The summed E-state index contributed by atoms with van der Waals surface area (Å²) in [6.45, 7) is 4.65. The van der Waals surface area contributed by atoms with Crippen LogP contribution in [0.2, 0.25) is 0 Å². The molecule has 1 saturated carbocycles. The van der Waals surface area contributed by atoms with Crippen LogP contribution in [0.3, 0.4) is 0 Å².